The largest absolute Gasteiger partial charge is 0.395 e. The molecule has 1 aromatic carbocycles. The number of aliphatic hydroxyl groups excluding tert-OH is 1. The fourth-order valence-corrected chi connectivity index (χ4v) is 1.27. The van der Waals surface area contributed by atoms with Gasteiger partial charge in [-0.1, -0.05) is 24.0 Å². The molecule has 0 spiro atoms. The van der Waals surface area contributed by atoms with Gasteiger partial charge in [-0.05, 0) is 19.1 Å². The van der Waals surface area contributed by atoms with Gasteiger partial charge in [-0.3, -0.25) is 0 Å². The Kier molecular flexibility index (Phi) is 5.75. The zero-order valence-corrected chi connectivity index (χ0v) is 10.7. The zero-order valence-electron chi connectivity index (χ0n) is 10.7. The summed E-state index contributed by atoms with van der Waals surface area (Å²) in [6.45, 7) is 2.59. The lowest BCUT2D eigenvalue weighted by Gasteiger charge is -2.16. The monoisotopic (exact) mass is 246 g/mol. The lowest BCUT2D eigenvalue weighted by atomic mass is 10.2. The maximum atomic E-state index is 11.8. The number of hydrogen-bond donors (Lipinski definition) is 2. The highest BCUT2D eigenvalue weighted by molar-refractivity contribution is 5.90. The Morgan fingerprint density at radius 3 is 2.83 bits per heavy atom. The van der Waals surface area contributed by atoms with Gasteiger partial charge in [0.15, 0.2) is 0 Å². The Balaban J connectivity index is 2.83. The minimum absolute atomic E-state index is 0.0418. The van der Waals surface area contributed by atoms with Crippen LogP contribution in [0.3, 0.4) is 0 Å². The maximum absolute atomic E-state index is 11.8. The van der Waals surface area contributed by atoms with Gasteiger partial charge in [0.25, 0.3) is 0 Å². The normalized spacial score (nSPS) is 9.28. The number of aliphatic hydroxyl groups is 1. The average molecular weight is 246 g/mol. The first-order valence-electron chi connectivity index (χ1n) is 5.90. The van der Waals surface area contributed by atoms with E-state index in [0.717, 1.165) is 5.56 Å². The molecule has 0 aliphatic heterocycles. The van der Waals surface area contributed by atoms with E-state index in [0.29, 0.717) is 18.7 Å². The molecule has 2 amide bonds. The topological polar surface area (TPSA) is 52.6 Å². The standard InChI is InChI=1S/C14H18N2O2/c1-3-16(2)14(18)15-13-10-5-4-8-12(13)9-6-7-11-17/h4-5,8,10,17H,3,7,11H2,1-2H3,(H,15,18). The molecule has 0 aromatic heterocycles. The van der Waals surface area contributed by atoms with Crippen LogP contribution in [0.25, 0.3) is 0 Å². The van der Waals surface area contributed by atoms with Crippen molar-refractivity contribution in [2.75, 3.05) is 25.5 Å². The number of rotatable bonds is 3. The molecule has 4 heteroatoms. The minimum atomic E-state index is -0.158. The van der Waals surface area contributed by atoms with E-state index in [9.17, 15) is 4.79 Å². The molecule has 18 heavy (non-hydrogen) atoms. The van der Waals surface area contributed by atoms with Crippen molar-refractivity contribution in [3.05, 3.63) is 29.8 Å². The van der Waals surface area contributed by atoms with Crippen molar-refractivity contribution in [2.24, 2.45) is 0 Å². The number of nitrogens with zero attached hydrogens (tertiary/aromatic N) is 1. The first kappa shape index (κ1) is 14.1. The van der Waals surface area contributed by atoms with E-state index in [1.54, 1.807) is 11.9 Å². The molecule has 0 radical (unpaired) electrons. The fraction of sp³-hybridized carbons (Fsp3) is 0.357. The van der Waals surface area contributed by atoms with Crippen molar-refractivity contribution >= 4 is 11.7 Å². The van der Waals surface area contributed by atoms with Crippen molar-refractivity contribution in [2.45, 2.75) is 13.3 Å². The third kappa shape index (κ3) is 4.11. The smallest absolute Gasteiger partial charge is 0.321 e. The molecule has 0 aliphatic carbocycles. The van der Waals surface area contributed by atoms with E-state index in [1.807, 2.05) is 31.2 Å². The second-order valence-corrected chi connectivity index (χ2v) is 3.77. The minimum Gasteiger partial charge on any atom is -0.395 e. The van der Waals surface area contributed by atoms with E-state index < -0.39 is 0 Å². The molecule has 0 unspecified atom stereocenters. The van der Waals surface area contributed by atoms with Gasteiger partial charge < -0.3 is 15.3 Å². The number of carbonyl (C=O) groups excluding carboxylic acids is 1. The number of carbonyl (C=O) groups is 1. The van der Waals surface area contributed by atoms with Crippen LogP contribution in [-0.4, -0.2) is 36.2 Å². The molecule has 96 valence electrons. The number of benzene rings is 1. The van der Waals surface area contributed by atoms with Crippen LogP contribution in [0.15, 0.2) is 24.3 Å². The van der Waals surface area contributed by atoms with Crippen LogP contribution in [0.5, 0.6) is 0 Å². The SMILES string of the molecule is CCN(C)C(=O)Nc1ccccc1C#CCCO. The Morgan fingerprint density at radius 2 is 2.17 bits per heavy atom. The van der Waals surface area contributed by atoms with Gasteiger partial charge in [0.2, 0.25) is 0 Å². The molecule has 0 heterocycles. The second kappa shape index (κ2) is 7.36. The summed E-state index contributed by atoms with van der Waals surface area (Å²) in [4.78, 5) is 13.3. The third-order valence-electron chi connectivity index (χ3n) is 2.45. The van der Waals surface area contributed by atoms with Gasteiger partial charge in [0.1, 0.15) is 0 Å². The summed E-state index contributed by atoms with van der Waals surface area (Å²) in [5.74, 6) is 5.78. The molecule has 0 bridgehead atoms. The van der Waals surface area contributed by atoms with Gasteiger partial charge in [-0.25, -0.2) is 4.79 Å². The lowest BCUT2D eigenvalue weighted by molar-refractivity contribution is 0.224. The number of hydrogen-bond acceptors (Lipinski definition) is 2. The second-order valence-electron chi connectivity index (χ2n) is 3.77. The molecule has 2 N–H and O–H groups in total. The van der Waals surface area contributed by atoms with Crippen LogP contribution < -0.4 is 5.32 Å². The molecule has 1 aromatic rings. The maximum Gasteiger partial charge on any atom is 0.321 e. The highest BCUT2D eigenvalue weighted by Gasteiger charge is 2.08. The van der Waals surface area contributed by atoms with E-state index in [1.165, 1.54) is 0 Å². The summed E-state index contributed by atoms with van der Waals surface area (Å²) in [6, 6.07) is 7.20. The zero-order chi connectivity index (χ0) is 13.4. The Hall–Kier alpha value is -1.99. The summed E-state index contributed by atoms with van der Waals surface area (Å²) in [6.07, 6.45) is 0.428. The van der Waals surface area contributed by atoms with Crippen LogP contribution in [0.1, 0.15) is 18.9 Å². The average Bonchev–Trinajstić information content (AvgIpc) is 2.40. The van der Waals surface area contributed by atoms with Crippen LogP contribution >= 0.6 is 0 Å². The number of amides is 2. The van der Waals surface area contributed by atoms with Crippen LogP contribution in [0.4, 0.5) is 10.5 Å². The van der Waals surface area contributed by atoms with Crippen molar-refractivity contribution in [3.8, 4) is 11.8 Å². The summed E-state index contributed by atoms with van der Waals surface area (Å²) >= 11 is 0. The predicted molar refractivity (Wildman–Crippen MR) is 72.3 cm³/mol. The molecule has 1 rings (SSSR count). The van der Waals surface area contributed by atoms with Crippen LogP contribution in [-0.2, 0) is 0 Å². The first-order valence-corrected chi connectivity index (χ1v) is 5.90. The predicted octanol–water partition coefficient (Wildman–Crippen LogP) is 1.90. The van der Waals surface area contributed by atoms with Crippen molar-refractivity contribution in [3.63, 3.8) is 0 Å². The summed E-state index contributed by atoms with van der Waals surface area (Å²) in [7, 11) is 1.73. The Morgan fingerprint density at radius 1 is 1.44 bits per heavy atom. The summed E-state index contributed by atoms with van der Waals surface area (Å²) in [5.41, 5.74) is 1.44. The number of urea groups is 1. The molecule has 4 nitrogen and oxygen atoms in total. The third-order valence-corrected chi connectivity index (χ3v) is 2.45. The van der Waals surface area contributed by atoms with Crippen molar-refractivity contribution in [1.82, 2.24) is 4.90 Å². The van der Waals surface area contributed by atoms with Crippen LogP contribution in [0, 0.1) is 11.8 Å². The van der Waals surface area contributed by atoms with Gasteiger partial charge in [0.05, 0.1) is 12.3 Å². The van der Waals surface area contributed by atoms with E-state index in [-0.39, 0.29) is 12.6 Å². The molecular weight excluding hydrogens is 228 g/mol. The molecule has 0 atom stereocenters. The lowest BCUT2D eigenvalue weighted by Crippen LogP contribution is -2.31. The molecule has 0 saturated heterocycles. The van der Waals surface area contributed by atoms with E-state index in [4.69, 9.17) is 5.11 Å². The fourth-order valence-electron chi connectivity index (χ4n) is 1.27. The van der Waals surface area contributed by atoms with Crippen LogP contribution in [0.2, 0.25) is 0 Å². The molecule has 0 aliphatic rings. The summed E-state index contributed by atoms with van der Waals surface area (Å²) < 4.78 is 0. The molecule has 0 fully saturated rings. The van der Waals surface area contributed by atoms with Crippen molar-refractivity contribution < 1.29 is 9.90 Å². The first-order chi connectivity index (χ1) is 8.69. The van der Waals surface area contributed by atoms with Gasteiger partial charge >= 0.3 is 6.03 Å². The van der Waals surface area contributed by atoms with E-state index in [2.05, 4.69) is 17.2 Å². The Bertz CT molecular complexity index is 460. The van der Waals surface area contributed by atoms with E-state index >= 15 is 0 Å². The number of nitrogens with one attached hydrogen (secondary N) is 1. The quantitative estimate of drug-likeness (QED) is 0.800. The molecular formula is C14H18N2O2. The van der Waals surface area contributed by atoms with Crippen molar-refractivity contribution in [1.29, 1.82) is 0 Å². The number of para-hydroxylation sites is 1. The highest BCUT2D eigenvalue weighted by atomic mass is 16.2. The Labute approximate surface area is 108 Å². The van der Waals surface area contributed by atoms with Gasteiger partial charge in [0, 0.05) is 25.6 Å². The summed E-state index contributed by atoms with van der Waals surface area (Å²) in [5, 5.41) is 11.5. The number of anilines is 1. The van der Waals surface area contributed by atoms with Gasteiger partial charge in [-0.2, -0.15) is 0 Å². The van der Waals surface area contributed by atoms with Gasteiger partial charge in [-0.15, -0.1) is 0 Å². The molecule has 0 saturated carbocycles. The highest BCUT2D eigenvalue weighted by Crippen LogP contribution is 2.14.